The predicted molar refractivity (Wildman–Crippen MR) is 152 cm³/mol. The summed E-state index contributed by atoms with van der Waals surface area (Å²) in [6.07, 6.45) is -0.174. The van der Waals surface area contributed by atoms with Gasteiger partial charge in [0.2, 0.25) is 0 Å². The minimum atomic E-state index is -0.891. The smallest absolute Gasteiger partial charge is 0.407 e. The Labute approximate surface area is 238 Å². The molecule has 3 heterocycles. The number of ether oxygens (including phenoxy) is 1. The lowest BCUT2D eigenvalue weighted by Crippen LogP contribution is -2.47. The van der Waals surface area contributed by atoms with Gasteiger partial charge in [0, 0.05) is 36.3 Å². The van der Waals surface area contributed by atoms with E-state index in [-0.39, 0.29) is 25.2 Å². The number of hydrogen-bond acceptors (Lipinski definition) is 10. The summed E-state index contributed by atoms with van der Waals surface area (Å²) in [6, 6.07) is 7.42. The van der Waals surface area contributed by atoms with E-state index in [4.69, 9.17) is 29.1 Å². The number of aromatic nitrogens is 3. The topological polar surface area (TPSA) is 183 Å². The van der Waals surface area contributed by atoms with Crippen LogP contribution in [0.15, 0.2) is 28.8 Å². The van der Waals surface area contributed by atoms with E-state index in [9.17, 15) is 15.0 Å². The third-order valence-corrected chi connectivity index (χ3v) is 6.85. The molecule has 4 rings (SSSR count). The first-order valence-corrected chi connectivity index (χ1v) is 13.3. The molecule has 222 valence electrons. The maximum absolute atomic E-state index is 11.5. The molecule has 1 aliphatic heterocycles. The summed E-state index contributed by atoms with van der Waals surface area (Å²) in [5, 5.41) is 37.0. The van der Waals surface area contributed by atoms with Crippen molar-refractivity contribution in [2.24, 2.45) is 0 Å². The molecule has 0 bridgehead atoms. The molecule has 13 nitrogen and oxygen atoms in total. The molecule has 2 unspecified atom stereocenters. The molecule has 1 fully saturated rings. The van der Waals surface area contributed by atoms with E-state index >= 15 is 0 Å². The first-order chi connectivity index (χ1) is 19.6. The number of amides is 1. The normalized spacial score (nSPS) is 17.3. The number of nitrogens with one attached hydrogen (secondary N) is 2. The molecule has 41 heavy (non-hydrogen) atoms. The van der Waals surface area contributed by atoms with Crippen molar-refractivity contribution in [2.45, 2.75) is 58.7 Å². The number of nitrogens with zero attached hydrogens (tertiary/aromatic N) is 4. The minimum Gasteiger partial charge on any atom is -0.491 e. The number of carboxylic acid groups (broad SMARTS) is 2. The highest BCUT2D eigenvalue weighted by atomic mass is 16.5. The zero-order chi connectivity index (χ0) is 30.1. The number of aliphatic hydroxyl groups is 1. The third kappa shape index (κ3) is 7.92. The van der Waals surface area contributed by atoms with Gasteiger partial charge in [0.25, 0.3) is 6.47 Å². The van der Waals surface area contributed by atoms with Gasteiger partial charge in [-0.2, -0.15) is 0 Å². The quantitative estimate of drug-likeness (QED) is 0.237. The fourth-order valence-corrected chi connectivity index (χ4v) is 4.84. The lowest BCUT2D eigenvalue weighted by molar-refractivity contribution is -0.122. The molecule has 3 aromatic rings. The maximum Gasteiger partial charge on any atom is 0.407 e. The molecule has 3 atom stereocenters. The van der Waals surface area contributed by atoms with Crippen LogP contribution in [0.2, 0.25) is 0 Å². The first kappa shape index (κ1) is 31.3. The number of carbonyl (C=O) groups is 2. The van der Waals surface area contributed by atoms with Crippen LogP contribution in [0.5, 0.6) is 5.75 Å². The van der Waals surface area contributed by atoms with Crippen molar-refractivity contribution < 1.29 is 34.2 Å². The van der Waals surface area contributed by atoms with Crippen molar-refractivity contribution >= 4 is 18.4 Å². The number of hydrogen-bond donors (Lipinski definition) is 5. The second-order valence-electron chi connectivity index (χ2n) is 9.91. The number of anilines is 1. The predicted octanol–water partition coefficient (Wildman–Crippen LogP) is 3.33. The average Bonchev–Trinajstić information content (AvgIpc) is 3.26. The monoisotopic (exact) mass is 570 g/mol. The summed E-state index contributed by atoms with van der Waals surface area (Å²) in [7, 11) is 1.77. The molecule has 1 amide bonds. The van der Waals surface area contributed by atoms with E-state index in [1.807, 2.05) is 52.0 Å². The van der Waals surface area contributed by atoms with Crippen LogP contribution in [-0.2, 0) is 4.79 Å². The van der Waals surface area contributed by atoms with Crippen molar-refractivity contribution in [3.8, 4) is 28.4 Å². The fourth-order valence-electron chi connectivity index (χ4n) is 4.84. The number of aliphatic hydroxyl groups excluding tert-OH is 1. The van der Waals surface area contributed by atoms with Gasteiger partial charge in [-0.1, -0.05) is 17.3 Å². The fraction of sp³-hybridized carbons (Fsp3) is 0.464. The highest BCUT2D eigenvalue weighted by molar-refractivity contribution is 5.74. The van der Waals surface area contributed by atoms with Gasteiger partial charge in [-0.3, -0.25) is 4.79 Å². The maximum atomic E-state index is 11.5. The van der Waals surface area contributed by atoms with Crippen LogP contribution >= 0.6 is 0 Å². The average molecular weight is 571 g/mol. The molecule has 0 saturated carbocycles. The van der Waals surface area contributed by atoms with Crippen LogP contribution < -0.4 is 15.4 Å². The first-order valence-electron chi connectivity index (χ1n) is 13.3. The van der Waals surface area contributed by atoms with Crippen LogP contribution in [0, 0.1) is 20.8 Å². The highest BCUT2D eigenvalue weighted by Crippen LogP contribution is 2.34. The molecule has 13 heteroatoms. The van der Waals surface area contributed by atoms with Crippen LogP contribution in [0.25, 0.3) is 22.6 Å². The van der Waals surface area contributed by atoms with Crippen LogP contribution in [0.1, 0.15) is 36.8 Å². The lowest BCUT2D eigenvalue weighted by atomic mass is 9.98. The molecule has 1 saturated heterocycles. The van der Waals surface area contributed by atoms with Crippen molar-refractivity contribution in [3.05, 3.63) is 41.3 Å². The Bertz CT molecular complexity index is 1310. The molecule has 0 radical (unpaired) electrons. The molecule has 0 spiro atoms. The number of likely N-dealkylation sites (tertiary alicyclic amines) is 1. The van der Waals surface area contributed by atoms with Crippen LogP contribution in [0.4, 0.5) is 10.6 Å². The number of rotatable bonds is 9. The Morgan fingerprint density at radius 1 is 1.29 bits per heavy atom. The number of likely N-dealkylation sites (N-methyl/N-ethyl adjacent to an activating group) is 1. The standard InChI is InChI=1S/C27H36N6O5.CH2O2/c1-15-11-20(9-10-33(15)27(35)36)29-25-16(2)24(23-17(3)32-38-18(23)4)30-26(31-25)19-7-6-8-22(12-19)37-14-21(34)13-28-5;2-1-3/h6-8,12,15,20-21,28,34H,9-11,13-14H2,1-5H3,(H,35,36)(H,29,30,31);1H,(H,2,3)/t15?,20?,21-;/m0./s1. The summed E-state index contributed by atoms with van der Waals surface area (Å²) < 4.78 is 11.2. The van der Waals surface area contributed by atoms with Gasteiger partial charge in [0.05, 0.1) is 17.0 Å². The van der Waals surface area contributed by atoms with Gasteiger partial charge < -0.3 is 40.1 Å². The Morgan fingerprint density at radius 2 is 2.02 bits per heavy atom. The van der Waals surface area contributed by atoms with Crippen molar-refractivity contribution in [1.29, 1.82) is 0 Å². The van der Waals surface area contributed by atoms with Crippen molar-refractivity contribution in [3.63, 3.8) is 0 Å². The summed E-state index contributed by atoms with van der Waals surface area (Å²) >= 11 is 0. The molecule has 0 aliphatic carbocycles. The van der Waals surface area contributed by atoms with Crippen molar-refractivity contribution in [2.75, 3.05) is 32.1 Å². The Balaban J connectivity index is 0.00000147. The number of piperidine rings is 1. The third-order valence-electron chi connectivity index (χ3n) is 6.85. The Morgan fingerprint density at radius 3 is 2.63 bits per heavy atom. The molecule has 1 aliphatic rings. The van der Waals surface area contributed by atoms with Crippen LogP contribution in [-0.4, -0.2) is 92.8 Å². The second kappa shape index (κ2) is 14.4. The molecular weight excluding hydrogens is 532 g/mol. The van der Waals surface area contributed by atoms with E-state index in [1.54, 1.807) is 7.05 Å². The largest absolute Gasteiger partial charge is 0.491 e. The van der Waals surface area contributed by atoms with Gasteiger partial charge in [-0.25, -0.2) is 14.8 Å². The zero-order valence-corrected chi connectivity index (χ0v) is 23.9. The highest BCUT2D eigenvalue weighted by Gasteiger charge is 2.30. The number of benzene rings is 1. The van der Waals surface area contributed by atoms with Gasteiger partial charge in [0.15, 0.2) is 5.82 Å². The summed E-state index contributed by atoms with van der Waals surface area (Å²) in [6.45, 7) is 8.43. The Kier molecular flexibility index (Phi) is 11.0. The van der Waals surface area contributed by atoms with E-state index in [2.05, 4.69) is 15.8 Å². The molecule has 1 aromatic carbocycles. The zero-order valence-electron chi connectivity index (χ0n) is 23.9. The van der Waals surface area contributed by atoms with E-state index < -0.39 is 12.2 Å². The van der Waals surface area contributed by atoms with E-state index in [0.29, 0.717) is 49.1 Å². The van der Waals surface area contributed by atoms with Gasteiger partial charge >= 0.3 is 6.09 Å². The van der Waals surface area contributed by atoms with Crippen LogP contribution in [0.3, 0.4) is 0 Å². The van der Waals surface area contributed by atoms with E-state index in [1.165, 1.54) is 4.90 Å². The molecule has 2 aromatic heterocycles. The van der Waals surface area contributed by atoms with Crippen molar-refractivity contribution in [1.82, 2.24) is 25.3 Å². The second-order valence-corrected chi connectivity index (χ2v) is 9.91. The van der Waals surface area contributed by atoms with Gasteiger partial charge in [-0.05, 0) is 59.7 Å². The van der Waals surface area contributed by atoms with Gasteiger partial charge in [0.1, 0.15) is 30.0 Å². The molecule has 5 N–H and O–H groups in total. The molecular formula is C28H38N6O7. The minimum absolute atomic E-state index is 0.0582. The lowest BCUT2D eigenvalue weighted by Gasteiger charge is -2.36. The SMILES string of the molecule is CNC[C@H](O)COc1cccc(-c2nc(NC3CCN(C(=O)O)C(C)C3)c(C)c(-c3c(C)noc3C)n2)c1.O=CO. The summed E-state index contributed by atoms with van der Waals surface area (Å²) in [5.41, 5.74) is 3.90. The number of aryl methyl sites for hydroxylation is 2. The Hall–Kier alpha value is -4.23. The summed E-state index contributed by atoms with van der Waals surface area (Å²) in [5.74, 6) is 2.46. The van der Waals surface area contributed by atoms with Gasteiger partial charge in [-0.15, -0.1) is 0 Å². The van der Waals surface area contributed by atoms with E-state index in [0.717, 1.165) is 28.1 Å². The summed E-state index contributed by atoms with van der Waals surface area (Å²) in [4.78, 5) is 31.2.